The molecule has 6 heteroatoms. The second-order valence-corrected chi connectivity index (χ2v) is 5.20. The first-order valence-electron chi connectivity index (χ1n) is 4.56. The van der Waals surface area contributed by atoms with Gasteiger partial charge >= 0.3 is 0 Å². The molecule has 0 atom stereocenters. The third-order valence-corrected chi connectivity index (χ3v) is 3.09. The fraction of sp³-hybridized carbons (Fsp3) is 0.444. The van der Waals surface area contributed by atoms with Gasteiger partial charge in [0, 0.05) is 6.54 Å². The van der Waals surface area contributed by atoms with Gasteiger partial charge in [-0.05, 0) is 20.8 Å². The molecule has 0 spiro atoms. The molecule has 0 aromatic carbocycles. The molecule has 0 aliphatic carbocycles. The summed E-state index contributed by atoms with van der Waals surface area (Å²) in [5, 5.41) is 0.0992. The zero-order chi connectivity index (χ0) is 11.5. The summed E-state index contributed by atoms with van der Waals surface area (Å²) in [4.78, 5) is 6.51. The summed E-state index contributed by atoms with van der Waals surface area (Å²) in [6, 6.07) is 0. The summed E-state index contributed by atoms with van der Waals surface area (Å²) in [6.45, 7) is 5.82. The average Bonchev–Trinajstić information content (AvgIpc) is 2.51. The molecule has 1 aromatic heterocycles. The zero-order valence-electron chi connectivity index (χ0n) is 9.03. The molecule has 5 nitrogen and oxygen atoms in total. The zero-order valence-corrected chi connectivity index (χ0v) is 9.85. The fourth-order valence-electron chi connectivity index (χ4n) is 0.968. The number of nitrogens with one attached hydrogen (secondary N) is 2. The van der Waals surface area contributed by atoms with Crippen LogP contribution in [0.4, 0.5) is 0 Å². The molecule has 2 N–H and O–H groups in total. The van der Waals surface area contributed by atoms with E-state index in [9.17, 15) is 8.42 Å². The number of nitrogens with zero attached hydrogens (tertiary/aromatic N) is 1. The highest BCUT2D eigenvalue weighted by Gasteiger charge is 2.14. The number of hydrogen-bond donors (Lipinski definition) is 2. The van der Waals surface area contributed by atoms with Crippen molar-refractivity contribution in [2.24, 2.45) is 0 Å². The van der Waals surface area contributed by atoms with Gasteiger partial charge in [0.1, 0.15) is 5.82 Å². The standard InChI is InChI=1S/C9H15N3O2S/c1-7(2)4-5-11-15(13,14)9-6-10-8(3)12-9/h4,6,11H,5H2,1-3H3,(H,10,12). The monoisotopic (exact) mass is 229 g/mol. The van der Waals surface area contributed by atoms with Gasteiger partial charge in [0.25, 0.3) is 10.0 Å². The van der Waals surface area contributed by atoms with E-state index in [0.717, 1.165) is 5.57 Å². The lowest BCUT2D eigenvalue weighted by atomic mass is 10.3. The molecule has 0 fully saturated rings. The van der Waals surface area contributed by atoms with E-state index in [1.807, 2.05) is 13.8 Å². The van der Waals surface area contributed by atoms with Gasteiger partial charge in [-0.1, -0.05) is 11.6 Å². The van der Waals surface area contributed by atoms with E-state index < -0.39 is 10.0 Å². The lowest BCUT2D eigenvalue weighted by molar-refractivity contribution is 0.582. The van der Waals surface area contributed by atoms with Crippen LogP contribution in [0.3, 0.4) is 0 Å². The molecule has 1 rings (SSSR count). The van der Waals surface area contributed by atoms with Gasteiger partial charge in [0.05, 0.1) is 6.20 Å². The Balaban J connectivity index is 2.73. The Morgan fingerprint density at radius 1 is 1.60 bits per heavy atom. The third-order valence-electron chi connectivity index (χ3n) is 1.75. The molecule has 1 aromatic rings. The molecule has 0 aliphatic heterocycles. The van der Waals surface area contributed by atoms with Crippen molar-refractivity contribution in [3.05, 3.63) is 23.7 Å². The van der Waals surface area contributed by atoms with Gasteiger partial charge < -0.3 is 4.98 Å². The van der Waals surface area contributed by atoms with Crippen LogP contribution in [0.2, 0.25) is 0 Å². The number of hydrogen-bond acceptors (Lipinski definition) is 3. The Morgan fingerprint density at radius 2 is 2.27 bits per heavy atom. The van der Waals surface area contributed by atoms with Gasteiger partial charge in [0.15, 0.2) is 5.03 Å². The summed E-state index contributed by atoms with van der Waals surface area (Å²) in [7, 11) is -3.45. The normalized spacial score (nSPS) is 11.4. The first-order valence-corrected chi connectivity index (χ1v) is 6.05. The molecule has 0 bridgehead atoms. The number of sulfonamides is 1. The maximum Gasteiger partial charge on any atom is 0.257 e. The second kappa shape index (κ2) is 4.59. The Hall–Kier alpha value is -1.14. The van der Waals surface area contributed by atoms with E-state index in [0.29, 0.717) is 12.4 Å². The number of H-pyrrole nitrogens is 1. The number of aromatic nitrogens is 2. The Morgan fingerprint density at radius 3 is 2.73 bits per heavy atom. The first-order chi connectivity index (χ1) is 6.92. The van der Waals surface area contributed by atoms with E-state index in [1.54, 1.807) is 13.0 Å². The molecule has 84 valence electrons. The van der Waals surface area contributed by atoms with Gasteiger partial charge in [-0.15, -0.1) is 0 Å². The summed E-state index contributed by atoms with van der Waals surface area (Å²) >= 11 is 0. The molecule has 0 radical (unpaired) electrons. The summed E-state index contributed by atoms with van der Waals surface area (Å²) in [5.74, 6) is 0.581. The number of allylic oxidation sites excluding steroid dienone is 1. The number of aryl methyl sites for hydroxylation is 1. The quantitative estimate of drug-likeness (QED) is 0.755. The van der Waals surface area contributed by atoms with Crippen LogP contribution in [-0.4, -0.2) is 24.9 Å². The first kappa shape index (κ1) is 11.9. The average molecular weight is 229 g/mol. The van der Waals surface area contributed by atoms with Crippen molar-refractivity contribution < 1.29 is 8.42 Å². The second-order valence-electron chi connectivity index (χ2n) is 3.47. The molecule has 0 aliphatic rings. The minimum Gasteiger partial charge on any atom is -0.332 e. The van der Waals surface area contributed by atoms with E-state index in [-0.39, 0.29) is 5.03 Å². The van der Waals surface area contributed by atoms with Gasteiger partial charge in [-0.3, -0.25) is 0 Å². The van der Waals surface area contributed by atoms with Crippen LogP contribution < -0.4 is 4.72 Å². The fourth-order valence-corrected chi connectivity index (χ4v) is 1.90. The summed E-state index contributed by atoms with van der Waals surface area (Å²) < 4.78 is 25.7. The predicted octanol–water partition coefficient (Wildman–Crippen LogP) is 0.963. The molecule has 0 saturated heterocycles. The van der Waals surface area contributed by atoms with Crippen LogP contribution >= 0.6 is 0 Å². The third kappa shape index (κ3) is 3.49. The van der Waals surface area contributed by atoms with E-state index in [4.69, 9.17) is 0 Å². The SMILES string of the molecule is CC(C)=CCNS(=O)(=O)c1cnc(C)[nH]1. The lowest BCUT2D eigenvalue weighted by Crippen LogP contribution is -2.24. The van der Waals surface area contributed by atoms with Crippen molar-refractivity contribution in [3.63, 3.8) is 0 Å². The summed E-state index contributed by atoms with van der Waals surface area (Å²) in [5.41, 5.74) is 1.07. The highest BCUT2D eigenvalue weighted by molar-refractivity contribution is 7.89. The van der Waals surface area contributed by atoms with Crippen molar-refractivity contribution in [2.75, 3.05) is 6.54 Å². The van der Waals surface area contributed by atoms with Crippen LogP contribution in [0.15, 0.2) is 22.9 Å². The Labute approximate surface area is 89.7 Å². The molecular weight excluding hydrogens is 214 g/mol. The largest absolute Gasteiger partial charge is 0.332 e. The van der Waals surface area contributed by atoms with E-state index >= 15 is 0 Å². The molecule has 15 heavy (non-hydrogen) atoms. The van der Waals surface area contributed by atoms with Crippen molar-refractivity contribution in [1.82, 2.24) is 14.7 Å². The van der Waals surface area contributed by atoms with E-state index in [2.05, 4.69) is 14.7 Å². The Kier molecular flexibility index (Phi) is 3.65. The van der Waals surface area contributed by atoms with Crippen LogP contribution in [-0.2, 0) is 10.0 Å². The molecule has 0 unspecified atom stereocenters. The minimum atomic E-state index is -3.45. The molecule has 1 heterocycles. The van der Waals surface area contributed by atoms with E-state index in [1.165, 1.54) is 6.20 Å². The van der Waals surface area contributed by atoms with Crippen molar-refractivity contribution in [2.45, 2.75) is 25.8 Å². The topological polar surface area (TPSA) is 74.8 Å². The van der Waals surface area contributed by atoms with Gasteiger partial charge in [0.2, 0.25) is 0 Å². The number of aromatic amines is 1. The van der Waals surface area contributed by atoms with Gasteiger partial charge in [-0.25, -0.2) is 18.1 Å². The maximum absolute atomic E-state index is 11.6. The molecule has 0 saturated carbocycles. The van der Waals surface area contributed by atoms with Crippen LogP contribution in [0.1, 0.15) is 19.7 Å². The van der Waals surface area contributed by atoms with Crippen molar-refractivity contribution >= 4 is 10.0 Å². The van der Waals surface area contributed by atoms with Crippen LogP contribution in [0.25, 0.3) is 0 Å². The van der Waals surface area contributed by atoms with Crippen molar-refractivity contribution in [1.29, 1.82) is 0 Å². The smallest absolute Gasteiger partial charge is 0.257 e. The number of imidazole rings is 1. The molecule has 0 amide bonds. The molecular formula is C9H15N3O2S. The highest BCUT2D eigenvalue weighted by atomic mass is 32.2. The van der Waals surface area contributed by atoms with Crippen LogP contribution in [0, 0.1) is 6.92 Å². The minimum absolute atomic E-state index is 0.0992. The number of rotatable bonds is 4. The maximum atomic E-state index is 11.6. The van der Waals surface area contributed by atoms with Gasteiger partial charge in [-0.2, -0.15) is 0 Å². The van der Waals surface area contributed by atoms with Crippen LogP contribution in [0.5, 0.6) is 0 Å². The summed E-state index contributed by atoms with van der Waals surface area (Å²) in [6.07, 6.45) is 3.11. The van der Waals surface area contributed by atoms with Crippen molar-refractivity contribution in [3.8, 4) is 0 Å². The lowest BCUT2D eigenvalue weighted by Gasteiger charge is -2.01. The Bertz CT molecular complexity index is 455. The predicted molar refractivity (Wildman–Crippen MR) is 57.9 cm³/mol. The highest BCUT2D eigenvalue weighted by Crippen LogP contribution is 2.04.